The third-order valence-electron chi connectivity index (χ3n) is 2.24. The molecule has 0 aliphatic carbocycles. The van der Waals surface area contributed by atoms with E-state index in [1.165, 1.54) is 6.20 Å². The zero-order valence-electron chi connectivity index (χ0n) is 10.0. The van der Waals surface area contributed by atoms with E-state index < -0.39 is 0 Å². The molecule has 1 heterocycles. The van der Waals surface area contributed by atoms with E-state index in [0.29, 0.717) is 5.69 Å². The van der Waals surface area contributed by atoms with Crippen molar-refractivity contribution in [2.24, 2.45) is 0 Å². The number of nitriles is 1. The van der Waals surface area contributed by atoms with Gasteiger partial charge in [-0.3, -0.25) is 0 Å². The van der Waals surface area contributed by atoms with Crippen LogP contribution in [-0.4, -0.2) is 49.1 Å². The van der Waals surface area contributed by atoms with Crippen LogP contribution >= 0.6 is 0 Å². The predicted octanol–water partition coefficient (Wildman–Crippen LogP) is 0.736. The van der Waals surface area contributed by atoms with E-state index in [2.05, 4.69) is 29.0 Å². The van der Waals surface area contributed by atoms with E-state index in [9.17, 15) is 0 Å². The minimum Gasteiger partial charge on any atom is -0.358 e. The molecule has 0 atom stereocenters. The number of aromatic nitrogens is 2. The second-order valence-electron chi connectivity index (χ2n) is 3.95. The number of hydrogen-bond donors (Lipinski definition) is 0. The van der Waals surface area contributed by atoms with Crippen molar-refractivity contribution in [3.63, 3.8) is 0 Å². The lowest BCUT2D eigenvalue weighted by Gasteiger charge is -2.18. The van der Waals surface area contributed by atoms with Gasteiger partial charge in [0.2, 0.25) is 0 Å². The standard InChI is InChI=1S/C11H17N5/c1-15(2)5-4-6-16(3)11-9-13-10(7-12)8-14-11/h8-9H,4-6H2,1-3H3. The summed E-state index contributed by atoms with van der Waals surface area (Å²) in [6, 6.07) is 1.95. The first-order valence-electron chi connectivity index (χ1n) is 5.21. The summed E-state index contributed by atoms with van der Waals surface area (Å²) in [5, 5.41) is 8.60. The highest BCUT2D eigenvalue weighted by Gasteiger charge is 2.03. The van der Waals surface area contributed by atoms with Gasteiger partial charge in [0.15, 0.2) is 5.69 Å². The third kappa shape index (κ3) is 3.83. The zero-order valence-corrected chi connectivity index (χ0v) is 10.0. The molecule has 0 unspecified atom stereocenters. The van der Waals surface area contributed by atoms with Crippen molar-refractivity contribution >= 4 is 5.82 Å². The average molecular weight is 219 g/mol. The average Bonchev–Trinajstić information content (AvgIpc) is 2.28. The summed E-state index contributed by atoms with van der Waals surface area (Å²) in [4.78, 5) is 12.4. The Morgan fingerprint density at radius 3 is 2.44 bits per heavy atom. The summed E-state index contributed by atoms with van der Waals surface area (Å²) in [5.41, 5.74) is 0.352. The monoisotopic (exact) mass is 219 g/mol. The van der Waals surface area contributed by atoms with Gasteiger partial charge in [0, 0.05) is 13.6 Å². The fourth-order valence-electron chi connectivity index (χ4n) is 1.31. The quantitative estimate of drug-likeness (QED) is 0.731. The maximum atomic E-state index is 8.60. The molecule has 0 aromatic carbocycles. The summed E-state index contributed by atoms with van der Waals surface area (Å²) >= 11 is 0. The van der Waals surface area contributed by atoms with Gasteiger partial charge in [-0.1, -0.05) is 0 Å². The zero-order chi connectivity index (χ0) is 12.0. The van der Waals surface area contributed by atoms with Crippen LogP contribution in [-0.2, 0) is 0 Å². The van der Waals surface area contributed by atoms with E-state index in [1.54, 1.807) is 6.20 Å². The van der Waals surface area contributed by atoms with Gasteiger partial charge in [-0.15, -0.1) is 0 Å². The number of anilines is 1. The normalized spacial score (nSPS) is 10.2. The summed E-state index contributed by atoms with van der Waals surface area (Å²) in [7, 11) is 6.09. The molecule has 1 aromatic rings. The smallest absolute Gasteiger partial charge is 0.158 e. The highest BCUT2D eigenvalue weighted by molar-refractivity contribution is 5.35. The molecule has 0 aliphatic heterocycles. The molecule has 1 rings (SSSR count). The van der Waals surface area contributed by atoms with Gasteiger partial charge in [-0.05, 0) is 27.1 Å². The Bertz CT molecular complexity index is 352. The van der Waals surface area contributed by atoms with Gasteiger partial charge in [0.05, 0.1) is 12.4 Å². The highest BCUT2D eigenvalue weighted by atomic mass is 15.2. The Morgan fingerprint density at radius 1 is 1.19 bits per heavy atom. The SMILES string of the molecule is CN(C)CCCN(C)c1cnc(C#N)cn1. The van der Waals surface area contributed by atoms with Crippen molar-refractivity contribution in [2.45, 2.75) is 6.42 Å². The van der Waals surface area contributed by atoms with Crippen LogP contribution in [0.1, 0.15) is 12.1 Å². The van der Waals surface area contributed by atoms with Gasteiger partial charge < -0.3 is 9.80 Å². The second kappa shape index (κ2) is 6.03. The molecule has 16 heavy (non-hydrogen) atoms. The van der Waals surface area contributed by atoms with Crippen LogP contribution in [0.2, 0.25) is 0 Å². The molecule has 0 radical (unpaired) electrons. The fourth-order valence-corrected chi connectivity index (χ4v) is 1.31. The minimum absolute atomic E-state index is 0.352. The van der Waals surface area contributed by atoms with Crippen molar-refractivity contribution in [1.82, 2.24) is 14.9 Å². The molecule has 86 valence electrons. The maximum absolute atomic E-state index is 8.60. The summed E-state index contributed by atoms with van der Waals surface area (Å²) in [6.45, 7) is 1.98. The molecule has 1 aromatic heterocycles. The van der Waals surface area contributed by atoms with E-state index in [4.69, 9.17) is 5.26 Å². The first-order chi connectivity index (χ1) is 7.63. The van der Waals surface area contributed by atoms with Crippen LogP contribution in [0.4, 0.5) is 5.82 Å². The molecular weight excluding hydrogens is 202 g/mol. The number of rotatable bonds is 5. The van der Waals surface area contributed by atoms with Crippen LogP contribution in [0, 0.1) is 11.3 Å². The highest BCUT2D eigenvalue weighted by Crippen LogP contribution is 2.06. The van der Waals surface area contributed by atoms with Crippen LogP contribution in [0.15, 0.2) is 12.4 Å². The molecule has 0 bridgehead atoms. The molecule has 0 aliphatic rings. The van der Waals surface area contributed by atoms with Crippen LogP contribution < -0.4 is 4.90 Å². The molecule has 0 fully saturated rings. The van der Waals surface area contributed by atoms with Crippen LogP contribution in [0.25, 0.3) is 0 Å². The Morgan fingerprint density at radius 2 is 1.94 bits per heavy atom. The Balaban J connectivity index is 2.47. The minimum atomic E-state index is 0.352. The van der Waals surface area contributed by atoms with Crippen molar-refractivity contribution < 1.29 is 0 Å². The first-order valence-corrected chi connectivity index (χ1v) is 5.21. The molecule has 0 amide bonds. The fraction of sp³-hybridized carbons (Fsp3) is 0.545. The van der Waals surface area contributed by atoms with Crippen molar-refractivity contribution in [2.75, 3.05) is 39.1 Å². The van der Waals surface area contributed by atoms with E-state index in [-0.39, 0.29) is 0 Å². The van der Waals surface area contributed by atoms with Gasteiger partial charge in [-0.2, -0.15) is 5.26 Å². The lowest BCUT2D eigenvalue weighted by Crippen LogP contribution is -2.24. The van der Waals surface area contributed by atoms with Crippen LogP contribution in [0.5, 0.6) is 0 Å². The van der Waals surface area contributed by atoms with Crippen molar-refractivity contribution in [3.8, 4) is 6.07 Å². The van der Waals surface area contributed by atoms with E-state index in [1.807, 2.05) is 18.0 Å². The van der Waals surface area contributed by atoms with Crippen molar-refractivity contribution in [1.29, 1.82) is 5.26 Å². The number of nitrogens with zero attached hydrogens (tertiary/aromatic N) is 5. The molecule has 5 nitrogen and oxygen atoms in total. The van der Waals surface area contributed by atoms with E-state index >= 15 is 0 Å². The Hall–Kier alpha value is -1.67. The molecule has 0 N–H and O–H groups in total. The van der Waals surface area contributed by atoms with E-state index in [0.717, 1.165) is 25.3 Å². The largest absolute Gasteiger partial charge is 0.358 e. The first kappa shape index (κ1) is 12.4. The molecule has 0 saturated heterocycles. The van der Waals surface area contributed by atoms with Gasteiger partial charge in [0.1, 0.15) is 11.9 Å². The molecule has 0 spiro atoms. The summed E-state index contributed by atoms with van der Waals surface area (Å²) in [5.74, 6) is 0.803. The third-order valence-corrected chi connectivity index (χ3v) is 2.24. The molecule has 0 saturated carbocycles. The van der Waals surface area contributed by atoms with Crippen molar-refractivity contribution in [3.05, 3.63) is 18.1 Å². The van der Waals surface area contributed by atoms with Gasteiger partial charge >= 0.3 is 0 Å². The number of hydrogen-bond acceptors (Lipinski definition) is 5. The molecule has 5 heteroatoms. The predicted molar refractivity (Wildman–Crippen MR) is 63.2 cm³/mol. The Labute approximate surface area is 96.3 Å². The van der Waals surface area contributed by atoms with Crippen LogP contribution in [0.3, 0.4) is 0 Å². The topological polar surface area (TPSA) is 56.0 Å². The Kier molecular flexibility index (Phi) is 4.67. The lowest BCUT2D eigenvalue weighted by atomic mass is 10.3. The summed E-state index contributed by atoms with van der Waals surface area (Å²) < 4.78 is 0. The molecular formula is C11H17N5. The summed E-state index contributed by atoms with van der Waals surface area (Å²) in [6.07, 6.45) is 4.21. The lowest BCUT2D eigenvalue weighted by molar-refractivity contribution is 0.401. The second-order valence-corrected chi connectivity index (χ2v) is 3.95. The van der Waals surface area contributed by atoms with Gasteiger partial charge in [0.25, 0.3) is 0 Å². The van der Waals surface area contributed by atoms with Gasteiger partial charge in [-0.25, -0.2) is 9.97 Å². The maximum Gasteiger partial charge on any atom is 0.158 e.